The number of pyridine rings is 1. The number of aryl methyl sites for hydroxylation is 1. The molecule has 0 unspecified atom stereocenters. The standard InChI is InChI=1S/C23H28N6O3S/c1-16(2)22-26-20(15-33-22)23(31)29-12-19(32-14-17-5-4-6-24-7-17)11-28(21(30)13-29)10-18-8-25-27(3)9-18/h4-9,15-16,19H,10-14H2,1-3H3/t19-/m0/s1. The number of carbonyl (C=O) groups is 2. The van der Waals surface area contributed by atoms with Gasteiger partial charge in [0, 0.05) is 62.1 Å². The minimum atomic E-state index is -0.347. The summed E-state index contributed by atoms with van der Waals surface area (Å²) in [6.45, 7) is 5.52. The summed E-state index contributed by atoms with van der Waals surface area (Å²) >= 11 is 1.47. The van der Waals surface area contributed by atoms with E-state index in [2.05, 4.69) is 15.1 Å². The van der Waals surface area contributed by atoms with Gasteiger partial charge in [0.1, 0.15) is 12.2 Å². The van der Waals surface area contributed by atoms with Gasteiger partial charge >= 0.3 is 0 Å². The van der Waals surface area contributed by atoms with Gasteiger partial charge in [-0.25, -0.2) is 4.98 Å². The third kappa shape index (κ3) is 5.82. The van der Waals surface area contributed by atoms with Gasteiger partial charge in [-0.1, -0.05) is 19.9 Å². The molecule has 174 valence electrons. The Morgan fingerprint density at radius 1 is 1.27 bits per heavy atom. The van der Waals surface area contributed by atoms with E-state index in [1.165, 1.54) is 11.3 Å². The van der Waals surface area contributed by atoms with Gasteiger partial charge in [-0.05, 0) is 11.6 Å². The van der Waals surface area contributed by atoms with Crippen LogP contribution in [0.25, 0.3) is 0 Å². The molecular weight excluding hydrogens is 440 g/mol. The van der Waals surface area contributed by atoms with Crippen molar-refractivity contribution in [3.05, 3.63) is 64.1 Å². The minimum absolute atomic E-state index is 0.0135. The summed E-state index contributed by atoms with van der Waals surface area (Å²) in [6.07, 6.45) is 6.75. The van der Waals surface area contributed by atoms with E-state index < -0.39 is 0 Å². The van der Waals surface area contributed by atoms with Crippen LogP contribution in [0.3, 0.4) is 0 Å². The Bertz CT molecular complexity index is 1100. The van der Waals surface area contributed by atoms with Crippen molar-refractivity contribution in [2.45, 2.75) is 39.0 Å². The largest absolute Gasteiger partial charge is 0.370 e. The van der Waals surface area contributed by atoms with Crippen molar-refractivity contribution in [2.24, 2.45) is 7.05 Å². The average Bonchev–Trinajstić information content (AvgIpc) is 3.42. The Kier molecular flexibility index (Phi) is 7.14. The lowest BCUT2D eigenvalue weighted by Crippen LogP contribution is -2.39. The Morgan fingerprint density at radius 2 is 2.12 bits per heavy atom. The lowest BCUT2D eigenvalue weighted by atomic mass is 10.2. The van der Waals surface area contributed by atoms with Crippen molar-refractivity contribution < 1.29 is 14.3 Å². The predicted octanol–water partition coefficient (Wildman–Crippen LogP) is 2.46. The number of nitrogens with zero attached hydrogens (tertiary/aromatic N) is 6. The monoisotopic (exact) mass is 468 g/mol. The van der Waals surface area contributed by atoms with Gasteiger partial charge in [0.05, 0.1) is 23.9 Å². The number of amides is 2. The maximum Gasteiger partial charge on any atom is 0.273 e. The Balaban J connectivity index is 1.53. The highest BCUT2D eigenvalue weighted by Crippen LogP contribution is 2.21. The van der Waals surface area contributed by atoms with Crippen LogP contribution in [0.5, 0.6) is 0 Å². The van der Waals surface area contributed by atoms with Gasteiger partial charge < -0.3 is 14.5 Å². The van der Waals surface area contributed by atoms with Crippen LogP contribution >= 0.6 is 11.3 Å². The van der Waals surface area contributed by atoms with E-state index in [0.29, 0.717) is 31.9 Å². The molecule has 0 N–H and O–H groups in total. The van der Waals surface area contributed by atoms with Gasteiger partial charge in [-0.15, -0.1) is 11.3 Å². The maximum atomic E-state index is 13.2. The van der Waals surface area contributed by atoms with Gasteiger partial charge in [0.25, 0.3) is 5.91 Å². The summed E-state index contributed by atoms with van der Waals surface area (Å²) in [6, 6.07) is 3.79. The summed E-state index contributed by atoms with van der Waals surface area (Å²) in [5, 5.41) is 6.87. The zero-order valence-corrected chi connectivity index (χ0v) is 19.9. The fourth-order valence-electron chi connectivity index (χ4n) is 3.68. The SMILES string of the molecule is CC(C)c1nc(C(=O)N2CC(=O)N(Cc3cnn(C)c3)C[C@H](OCc3cccnc3)C2)cs1. The zero-order chi connectivity index (χ0) is 23.4. The normalized spacial score (nSPS) is 17.0. The fourth-order valence-corrected chi connectivity index (χ4v) is 4.49. The smallest absolute Gasteiger partial charge is 0.273 e. The van der Waals surface area contributed by atoms with Crippen LogP contribution in [0.15, 0.2) is 42.3 Å². The first-order valence-electron chi connectivity index (χ1n) is 10.9. The number of ether oxygens (including phenoxy) is 1. The van der Waals surface area contributed by atoms with Crippen molar-refractivity contribution in [3.8, 4) is 0 Å². The van der Waals surface area contributed by atoms with Gasteiger partial charge in [0.15, 0.2) is 0 Å². The number of aromatic nitrogens is 4. The minimum Gasteiger partial charge on any atom is -0.370 e. The first-order chi connectivity index (χ1) is 15.9. The quantitative estimate of drug-likeness (QED) is 0.529. The first kappa shape index (κ1) is 23.1. The van der Waals surface area contributed by atoms with Crippen molar-refractivity contribution in [1.29, 1.82) is 0 Å². The van der Waals surface area contributed by atoms with Crippen LogP contribution in [-0.2, 0) is 29.7 Å². The Morgan fingerprint density at radius 3 is 2.79 bits per heavy atom. The summed E-state index contributed by atoms with van der Waals surface area (Å²) < 4.78 is 7.87. The van der Waals surface area contributed by atoms with Crippen molar-refractivity contribution in [2.75, 3.05) is 19.6 Å². The molecule has 0 spiro atoms. The zero-order valence-electron chi connectivity index (χ0n) is 19.0. The highest BCUT2D eigenvalue weighted by molar-refractivity contribution is 7.09. The summed E-state index contributed by atoms with van der Waals surface area (Å²) in [7, 11) is 1.84. The summed E-state index contributed by atoms with van der Waals surface area (Å²) in [4.78, 5) is 38.3. The van der Waals surface area contributed by atoms with Gasteiger partial charge in [-0.2, -0.15) is 5.10 Å². The van der Waals surface area contributed by atoms with E-state index in [1.807, 2.05) is 39.2 Å². The molecule has 3 aromatic heterocycles. The van der Waals surface area contributed by atoms with Crippen LogP contribution in [-0.4, -0.2) is 67.1 Å². The molecule has 1 fully saturated rings. The van der Waals surface area contributed by atoms with Crippen molar-refractivity contribution >= 4 is 23.2 Å². The highest BCUT2D eigenvalue weighted by Gasteiger charge is 2.32. The number of hydrogen-bond donors (Lipinski definition) is 0. The lowest BCUT2D eigenvalue weighted by Gasteiger charge is -2.24. The second-order valence-corrected chi connectivity index (χ2v) is 9.39. The molecule has 0 aliphatic carbocycles. The topological polar surface area (TPSA) is 93.5 Å². The molecule has 33 heavy (non-hydrogen) atoms. The molecule has 0 aromatic carbocycles. The number of hydrogen-bond acceptors (Lipinski definition) is 7. The molecule has 0 radical (unpaired) electrons. The Labute approximate surface area is 197 Å². The summed E-state index contributed by atoms with van der Waals surface area (Å²) in [5.74, 6) is -0.128. The van der Waals surface area contributed by atoms with Crippen LogP contribution in [0.4, 0.5) is 0 Å². The second-order valence-electron chi connectivity index (χ2n) is 8.50. The molecular formula is C23H28N6O3S. The highest BCUT2D eigenvalue weighted by atomic mass is 32.1. The van der Waals surface area contributed by atoms with Crippen LogP contribution in [0.2, 0.25) is 0 Å². The maximum absolute atomic E-state index is 13.2. The van der Waals surface area contributed by atoms with Crippen LogP contribution < -0.4 is 0 Å². The van der Waals surface area contributed by atoms with E-state index in [1.54, 1.807) is 38.5 Å². The number of thiazole rings is 1. The number of carbonyl (C=O) groups excluding carboxylic acids is 2. The molecule has 1 atom stereocenters. The molecule has 2 amide bonds. The van der Waals surface area contributed by atoms with Crippen LogP contribution in [0, 0.1) is 0 Å². The van der Waals surface area contributed by atoms with E-state index in [-0.39, 0.29) is 30.4 Å². The second kappa shape index (κ2) is 10.2. The molecule has 3 aromatic rings. The first-order valence-corrected chi connectivity index (χ1v) is 11.8. The average molecular weight is 469 g/mol. The molecule has 9 nitrogen and oxygen atoms in total. The third-order valence-corrected chi connectivity index (χ3v) is 6.53. The summed E-state index contributed by atoms with van der Waals surface area (Å²) in [5.41, 5.74) is 2.24. The van der Waals surface area contributed by atoms with E-state index in [0.717, 1.165) is 16.1 Å². The molecule has 4 rings (SSSR count). The third-order valence-electron chi connectivity index (χ3n) is 5.39. The molecule has 1 aliphatic rings. The van der Waals surface area contributed by atoms with E-state index in [9.17, 15) is 9.59 Å². The predicted molar refractivity (Wildman–Crippen MR) is 124 cm³/mol. The van der Waals surface area contributed by atoms with Crippen LogP contribution in [0.1, 0.15) is 46.4 Å². The number of rotatable bonds is 7. The van der Waals surface area contributed by atoms with Crippen molar-refractivity contribution in [1.82, 2.24) is 29.5 Å². The Hall–Kier alpha value is -3.11. The molecule has 10 heteroatoms. The van der Waals surface area contributed by atoms with Gasteiger partial charge in [0.2, 0.25) is 5.91 Å². The fraction of sp³-hybridized carbons (Fsp3) is 0.435. The molecule has 0 bridgehead atoms. The lowest BCUT2D eigenvalue weighted by molar-refractivity contribution is -0.132. The van der Waals surface area contributed by atoms with E-state index in [4.69, 9.17) is 4.74 Å². The molecule has 1 saturated heterocycles. The van der Waals surface area contributed by atoms with E-state index >= 15 is 0 Å². The molecule has 1 aliphatic heterocycles. The molecule has 0 saturated carbocycles. The van der Waals surface area contributed by atoms with Gasteiger partial charge in [-0.3, -0.25) is 19.3 Å². The molecule has 4 heterocycles. The van der Waals surface area contributed by atoms with Crippen molar-refractivity contribution in [3.63, 3.8) is 0 Å².